The van der Waals surface area contributed by atoms with Crippen molar-refractivity contribution in [2.75, 3.05) is 13.2 Å². The zero-order valence-corrected chi connectivity index (χ0v) is 10.5. The number of esters is 1. The van der Waals surface area contributed by atoms with E-state index in [9.17, 15) is 4.79 Å². The van der Waals surface area contributed by atoms with Crippen LogP contribution in [0.2, 0.25) is 0 Å². The van der Waals surface area contributed by atoms with Gasteiger partial charge < -0.3 is 14.2 Å². The molecule has 1 saturated heterocycles. The fourth-order valence-corrected chi connectivity index (χ4v) is 1.78. The summed E-state index contributed by atoms with van der Waals surface area (Å²) < 4.78 is 16.0. The van der Waals surface area contributed by atoms with Crippen molar-refractivity contribution in [1.82, 2.24) is 0 Å². The van der Waals surface area contributed by atoms with Crippen molar-refractivity contribution in [1.29, 1.82) is 0 Å². The molecular formula is C12H22O4. The molecule has 1 heterocycles. The number of carbonyl (C=O) groups excluding carboxylic acids is 1. The minimum atomic E-state index is -0.439. The summed E-state index contributed by atoms with van der Waals surface area (Å²) in [6.45, 7) is 6.79. The number of unbranched alkanes of at least 4 members (excludes halogenated alkanes) is 1. The standard InChI is InChI=1S/C12H22O4/c1-4-14-11(13)8-6-5-7-10-9-15-12(2,3)16-10/h10H,4-9H2,1-3H3. The predicted octanol–water partition coefficient (Wildman–Crippen LogP) is 2.26. The second kappa shape index (κ2) is 6.21. The fraction of sp³-hybridized carbons (Fsp3) is 0.917. The van der Waals surface area contributed by atoms with Crippen LogP contribution in [0.3, 0.4) is 0 Å². The van der Waals surface area contributed by atoms with E-state index in [0.717, 1.165) is 19.3 Å². The highest BCUT2D eigenvalue weighted by Crippen LogP contribution is 2.25. The zero-order valence-electron chi connectivity index (χ0n) is 10.5. The summed E-state index contributed by atoms with van der Waals surface area (Å²) in [5, 5.41) is 0. The van der Waals surface area contributed by atoms with Crippen LogP contribution in [0.1, 0.15) is 46.5 Å². The third-order valence-electron chi connectivity index (χ3n) is 2.53. The van der Waals surface area contributed by atoms with Gasteiger partial charge in [-0.3, -0.25) is 4.79 Å². The van der Waals surface area contributed by atoms with E-state index in [1.165, 1.54) is 0 Å². The van der Waals surface area contributed by atoms with E-state index in [1.807, 2.05) is 20.8 Å². The second-order valence-corrected chi connectivity index (χ2v) is 4.50. The van der Waals surface area contributed by atoms with Crippen molar-refractivity contribution >= 4 is 5.97 Å². The number of ether oxygens (including phenoxy) is 3. The molecule has 0 saturated carbocycles. The van der Waals surface area contributed by atoms with Crippen LogP contribution in [0.25, 0.3) is 0 Å². The van der Waals surface area contributed by atoms with Gasteiger partial charge in [-0.15, -0.1) is 0 Å². The Labute approximate surface area is 97.2 Å². The number of hydrogen-bond donors (Lipinski definition) is 0. The minimum absolute atomic E-state index is 0.105. The maximum atomic E-state index is 11.1. The lowest BCUT2D eigenvalue weighted by Gasteiger charge is -2.16. The van der Waals surface area contributed by atoms with Gasteiger partial charge in [-0.1, -0.05) is 6.42 Å². The summed E-state index contributed by atoms with van der Waals surface area (Å²) in [5.74, 6) is -0.544. The van der Waals surface area contributed by atoms with E-state index in [4.69, 9.17) is 14.2 Å². The highest BCUT2D eigenvalue weighted by atomic mass is 16.7. The van der Waals surface area contributed by atoms with Gasteiger partial charge >= 0.3 is 5.97 Å². The third kappa shape index (κ3) is 4.94. The molecule has 0 amide bonds. The molecule has 0 spiro atoms. The van der Waals surface area contributed by atoms with Gasteiger partial charge in [0.1, 0.15) is 0 Å². The molecule has 0 aromatic rings. The first-order valence-electron chi connectivity index (χ1n) is 6.01. The Morgan fingerprint density at radius 2 is 2.19 bits per heavy atom. The molecule has 94 valence electrons. The first-order chi connectivity index (χ1) is 7.53. The van der Waals surface area contributed by atoms with E-state index >= 15 is 0 Å². The Balaban J connectivity index is 2.02. The Hall–Kier alpha value is -0.610. The van der Waals surface area contributed by atoms with Crippen LogP contribution in [-0.4, -0.2) is 31.1 Å². The van der Waals surface area contributed by atoms with E-state index in [2.05, 4.69) is 0 Å². The zero-order chi connectivity index (χ0) is 12.0. The monoisotopic (exact) mass is 230 g/mol. The topological polar surface area (TPSA) is 44.8 Å². The molecule has 1 atom stereocenters. The number of rotatable bonds is 6. The van der Waals surface area contributed by atoms with Gasteiger partial charge in [0.25, 0.3) is 0 Å². The Morgan fingerprint density at radius 3 is 2.75 bits per heavy atom. The summed E-state index contributed by atoms with van der Waals surface area (Å²) >= 11 is 0. The van der Waals surface area contributed by atoms with Crippen LogP contribution >= 0.6 is 0 Å². The molecule has 1 fully saturated rings. The van der Waals surface area contributed by atoms with Gasteiger partial charge in [-0.25, -0.2) is 0 Å². The van der Waals surface area contributed by atoms with Crippen molar-refractivity contribution < 1.29 is 19.0 Å². The van der Waals surface area contributed by atoms with Gasteiger partial charge in [0.05, 0.1) is 19.3 Å². The van der Waals surface area contributed by atoms with Crippen LogP contribution in [0.15, 0.2) is 0 Å². The molecule has 1 unspecified atom stereocenters. The summed E-state index contributed by atoms with van der Waals surface area (Å²) in [7, 11) is 0. The molecule has 1 rings (SSSR count). The van der Waals surface area contributed by atoms with Gasteiger partial charge in [0.2, 0.25) is 0 Å². The van der Waals surface area contributed by atoms with Crippen molar-refractivity contribution in [2.45, 2.75) is 58.3 Å². The molecule has 0 N–H and O–H groups in total. The molecule has 0 aromatic heterocycles. The summed E-state index contributed by atoms with van der Waals surface area (Å²) in [6, 6.07) is 0. The van der Waals surface area contributed by atoms with Gasteiger partial charge in [0, 0.05) is 6.42 Å². The quantitative estimate of drug-likeness (QED) is 0.518. The van der Waals surface area contributed by atoms with Crippen LogP contribution in [-0.2, 0) is 19.0 Å². The number of carbonyl (C=O) groups is 1. The van der Waals surface area contributed by atoms with E-state index in [0.29, 0.717) is 19.6 Å². The average Bonchev–Trinajstić information content (AvgIpc) is 2.54. The molecule has 4 heteroatoms. The maximum absolute atomic E-state index is 11.1. The largest absolute Gasteiger partial charge is 0.466 e. The first kappa shape index (κ1) is 13.5. The van der Waals surface area contributed by atoms with Crippen LogP contribution in [0.4, 0.5) is 0 Å². The van der Waals surface area contributed by atoms with Gasteiger partial charge in [-0.2, -0.15) is 0 Å². The van der Waals surface area contributed by atoms with Gasteiger partial charge in [0.15, 0.2) is 5.79 Å². The summed E-state index contributed by atoms with van der Waals surface area (Å²) in [5.41, 5.74) is 0. The van der Waals surface area contributed by atoms with Crippen LogP contribution in [0.5, 0.6) is 0 Å². The van der Waals surface area contributed by atoms with Crippen molar-refractivity contribution in [3.63, 3.8) is 0 Å². The smallest absolute Gasteiger partial charge is 0.305 e. The van der Waals surface area contributed by atoms with Crippen molar-refractivity contribution in [3.05, 3.63) is 0 Å². The Morgan fingerprint density at radius 1 is 1.44 bits per heavy atom. The Kier molecular flexibility index (Phi) is 5.22. The summed E-state index contributed by atoms with van der Waals surface area (Å²) in [4.78, 5) is 11.1. The third-order valence-corrected chi connectivity index (χ3v) is 2.53. The maximum Gasteiger partial charge on any atom is 0.305 e. The lowest BCUT2D eigenvalue weighted by molar-refractivity contribution is -0.144. The molecule has 1 aliphatic heterocycles. The van der Waals surface area contributed by atoms with Crippen molar-refractivity contribution in [2.24, 2.45) is 0 Å². The molecule has 1 aliphatic rings. The van der Waals surface area contributed by atoms with Gasteiger partial charge in [-0.05, 0) is 33.6 Å². The summed E-state index contributed by atoms with van der Waals surface area (Å²) in [6.07, 6.45) is 3.47. The lowest BCUT2D eigenvalue weighted by Crippen LogP contribution is -2.21. The molecule has 0 bridgehead atoms. The first-order valence-corrected chi connectivity index (χ1v) is 6.01. The SMILES string of the molecule is CCOC(=O)CCCCC1COC(C)(C)O1. The van der Waals surface area contributed by atoms with Crippen LogP contribution in [0, 0.1) is 0 Å². The molecule has 16 heavy (non-hydrogen) atoms. The predicted molar refractivity (Wildman–Crippen MR) is 60.0 cm³/mol. The van der Waals surface area contributed by atoms with Crippen LogP contribution < -0.4 is 0 Å². The average molecular weight is 230 g/mol. The molecular weight excluding hydrogens is 208 g/mol. The number of hydrogen-bond acceptors (Lipinski definition) is 4. The molecule has 4 nitrogen and oxygen atoms in total. The van der Waals surface area contributed by atoms with E-state index in [-0.39, 0.29) is 12.1 Å². The molecule has 0 radical (unpaired) electrons. The van der Waals surface area contributed by atoms with E-state index in [1.54, 1.807) is 0 Å². The molecule has 0 aromatic carbocycles. The highest BCUT2D eigenvalue weighted by Gasteiger charge is 2.31. The normalized spacial score (nSPS) is 23.3. The second-order valence-electron chi connectivity index (χ2n) is 4.50. The molecule has 0 aliphatic carbocycles. The lowest BCUT2D eigenvalue weighted by atomic mass is 10.1. The fourth-order valence-electron chi connectivity index (χ4n) is 1.78. The van der Waals surface area contributed by atoms with Crippen molar-refractivity contribution in [3.8, 4) is 0 Å². The highest BCUT2D eigenvalue weighted by molar-refractivity contribution is 5.69. The minimum Gasteiger partial charge on any atom is -0.466 e. The Bertz CT molecular complexity index is 225. The van der Waals surface area contributed by atoms with E-state index < -0.39 is 5.79 Å².